The number of carbonyl (C=O) groups is 1. The first-order chi connectivity index (χ1) is 7.70. The van der Waals surface area contributed by atoms with E-state index >= 15 is 0 Å². The minimum absolute atomic E-state index is 0.102. The molecule has 1 aromatic rings. The van der Waals surface area contributed by atoms with Crippen LogP contribution in [0.5, 0.6) is 0 Å². The SMILES string of the molecule is O=C1OC2(CCN1c1ccccc1Br)CC2. The van der Waals surface area contributed by atoms with Crippen molar-refractivity contribution in [2.75, 3.05) is 11.4 Å². The summed E-state index contributed by atoms with van der Waals surface area (Å²) in [4.78, 5) is 13.6. The molecule has 84 valence electrons. The number of para-hydroxylation sites is 1. The van der Waals surface area contributed by atoms with Gasteiger partial charge in [0.25, 0.3) is 0 Å². The van der Waals surface area contributed by atoms with Crippen molar-refractivity contribution in [1.82, 2.24) is 0 Å². The van der Waals surface area contributed by atoms with E-state index in [0.29, 0.717) is 0 Å². The molecule has 1 saturated carbocycles. The molecule has 1 saturated heterocycles. The zero-order valence-electron chi connectivity index (χ0n) is 8.78. The molecule has 1 aromatic carbocycles. The van der Waals surface area contributed by atoms with Crippen LogP contribution in [0.3, 0.4) is 0 Å². The van der Waals surface area contributed by atoms with Crippen molar-refractivity contribution >= 4 is 27.7 Å². The largest absolute Gasteiger partial charge is 0.442 e. The maximum atomic E-state index is 11.9. The first-order valence-corrected chi connectivity index (χ1v) is 6.25. The molecule has 4 heteroatoms. The fourth-order valence-corrected chi connectivity index (χ4v) is 2.58. The summed E-state index contributed by atoms with van der Waals surface area (Å²) in [7, 11) is 0. The van der Waals surface area contributed by atoms with Crippen molar-refractivity contribution in [1.29, 1.82) is 0 Å². The van der Waals surface area contributed by atoms with E-state index in [9.17, 15) is 4.79 Å². The van der Waals surface area contributed by atoms with Crippen LogP contribution < -0.4 is 4.90 Å². The number of halogens is 1. The lowest BCUT2D eigenvalue weighted by Crippen LogP contribution is -2.43. The molecule has 1 aliphatic carbocycles. The van der Waals surface area contributed by atoms with Crippen LogP contribution in [0.2, 0.25) is 0 Å². The summed E-state index contributed by atoms with van der Waals surface area (Å²) < 4.78 is 6.40. The van der Waals surface area contributed by atoms with Gasteiger partial charge in [-0.2, -0.15) is 0 Å². The number of ether oxygens (including phenoxy) is 1. The van der Waals surface area contributed by atoms with Crippen LogP contribution in [0.4, 0.5) is 10.5 Å². The van der Waals surface area contributed by atoms with Crippen LogP contribution in [-0.2, 0) is 4.74 Å². The monoisotopic (exact) mass is 281 g/mol. The van der Waals surface area contributed by atoms with E-state index in [4.69, 9.17) is 4.74 Å². The molecule has 2 aliphatic rings. The minimum atomic E-state index is -0.212. The van der Waals surface area contributed by atoms with Crippen LogP contribution >= 0.6 is 15.9 Å². The molecule has 0 unspecified atom stereocenters. The second kappa shape index (κ2) is 3.48. The summed E-state index contributed by atoms with van der Waals surface area (Å²) in [5.74, 6) is 0. The highest BCUT2D eigenvalue weighted by Crippen LogP contribution is 2.46. The molecule has 1 amide bonds. The van der Waals surface area contributed by atoms with Crippen molar-refractivity contribution in [3.8, 4) is 0 Å². The topological polar surface area (TPSA) is 29.5 Å². The fraction of sp³-hybridized carbons (Fsp3) is 0.417. The van der Waals surface area contributed by atoms with Gasteiger partial charge in [0.05, 0.1) is 5.69 Å². The van der Waals surface area contributed by atoms with Gasteiger partial charge >= 0.3 is 6.09 Å². The summed E-state index contributed by atoms with van der Waals surface area (Å²) in [5, 5.41) is 0. The highest BCUT2D eigenvalue weighted by molar-refractivity contribution is 9.10. The third-order valence-corrected chi connectivity index (χ3v) is 3.94. The van der Waals surface area contributed by atoms with E-state index in [1.807, 2.05) is 24.3 Å². The Labute approximate surface area is 103 Å². The average Bonchev–Trinajstić information content (AvgIpc) is 3.00. The maximum absolute atomic E-state index is 11.9. The lowest BCUT2D eigenvalue weighted by molar-refractivity contribution is 0.0683. The standard InChI is InChI=1S/C12H12BrNO2/c13-9-3-1-2-4-10(9)14-8-7-12(5-6-12)16-11(14)15/h1-4H,5-8H2. The number of benzene rings is 1. The maximum Gasteiger partial charge on any atom is 0.414 e. The Morgan fingerprint density at radius 3 is 2.62 bits per heavy atom. The van der Waals surface area contributed by atoms with Crippen molar-refractivity contribution in [3.05, 3.63) is 28.7 Å². The Bertz CT molecular complexity index is 442. The molecule has 3 rings (SSSR count). The van der Waals surface area contributed by atoms with Gasteiger partial charge in [0.2, 0.25) is 0 Å². The quantitative estimate of drug-likeness (QED) is 0.790. The lowest BCUT2D eigenvalue weighted by Gasteiger charge is -2.32. The van der Waals surface area contributed by atoms with Gasteiger partial charge in [-0.05, 0) is 40.9 Å². The predicted octanol–water partition coefficient (Wildman–Crippen LogP) is 3.33. The number of hydrogen-bond donors (Lipinski definition) is 0. The van der Waals surface area contributed by atoms with Crippen LogP contribution in [0.25, 0.3) is 0 Å². The zero-order valence-corrected chi connectivity index (χ0v) is 10.4. The molecule has 0 N–H and O–H groups in total. The van der Waals surface area contributed by atoms with Gasteiger partial charge in [0.15, 0.2) is 0 Å². The molecule has 1 spiro atoms. The lowest BCUT2D eigenvalue weighted by atomic mass is 10.2. The summed E-state index contributed by atoms with van der Waals surface area (Å²) >= 11 is 3.45. The third-order valence-electron chi connectivity index (χ3n) is 3.27. The molecule has 1 aliphatic heterocycles. The normalized spacial score (nSPS) is 22.1. The van der Waals surface area contributed by atoms with Crippen LogP contribution in [0, 0.1) is 0 Å². The smallest absolute Gasteiger partial charge is 0.414 e. The van der Waals surface area contributed by atoms with Crippen molar-refractivity contribution in [2.24, 2.45) is 0 Å². The third kappa shape index (κ3) is 1.61. The Balaban J connectivity index is 1.86. The molecule has 0 atom stereocenters. The number of rotatable bonds is 1. The fourth-order valence-electron chi connectivity index (χ4n) is 2.08. The van der Waals surface area contributed by atoms with E-state index in [2.05, 4.69) is 15.9 Å². The van der Waals surface area contributed by atoms with Crippen LogP contribution in [0.15, 0.2) is 28.7 Å². The second-order valence-corrected chi connectivity index (χ2v) is 5.26. The first kappa shape index (κ1) is 10.1. The molecule has 0 radical (unpaired) electrons. The van der Waals surface area contributed by atoms with E-state index < -0.39 is 0 Å². The molecule has 0 bridgehead atoms. The molecule has 16 heavy (non-hydrogen) atoms. The Morgan fingerprint density at radius 2 is 2.00 bits per heavy atom. The van der Waals surface area contributed by atoms with Crippen molar-refractivity contribution in [3.63, 3.8) is 0 Å². The Kier molecular flexibility index (Phi) is 2.21. The van der Waals surface area contributed by atoms with E-state index in [1.165, 1.54) is 0 Å². The van der Waals surface area contributed by atoms with Gasteiger partial charge in [-0.15, -0.1) is 0 Å². The number of nitrogens with zero attached hydrogens (tertiary/aromatic N) is 1. The Morgan fingerprint density at radius 1 is 1.25 bits per heavy atom. The highest BCUT2D eigenvalue weighted by Gasteiger charge is 2.50. The van der Waals surface area contributed by atoms with Gasteiger partial charge in [0.1, 0.15) is 5.60 Å². The van der Waals surface area contributed by atoms with Gasteiger partial charge < -0.3 is 4.74 Å². The molecule has 3 nitrogen and oxygen atoms in total. The summed E-state index contributed by atoms with van der Waals surface area (Å²) in [6.07, 6.45) is 2.79. The number of amides is 1. The predicted molar refractivity (Wildman–Crippen MR) is 64.6 cm³/mol. The van der Waals surface area contributed by atoms with E-state index in [0.717, 1.165) is 36.0 Å². The molecule has 1 heterocycles. The van der Waals surface area contributed by atoms with Gasteiger partial charge in [-0.3, -0.25) is 4.90 Å². The van der Waals surface area contributed by atoms with E-state index in [1.54, 1.807) is 4.90 Å². The van der Waals surface area contributed by atoms with Gasteiger partial charge in [-0.1, -0.05) is 12.1 Å². The minimum Gasteiger partial charge on any atom is -0.442 e. The summed E-state index contributed by atoms with van der Waals surface area (Å²) in [5.41, 5.74) is 0.789. The summed E-state index contributed by atoms with van der Waals surface area (Å²) in [6.45, 7) is 0.751. The molecular formula is C12H12BrNO2. The zero-order chi connectivity index (χ0) is 11.2. The number of carbonyl (C=O) groups excluding carboxylic acids is 1. The number of hydrogen-bond acceptors (Lipinski definition) is 2. The summed E-state index contributed by atoms with van der Waals surface area (Å²) in [6, 6.07) is 7.72. The van der Waals surface area contributed by atoms with Crippen molar-refractivity contribution in [2.45, 2.75) is 24.9 Å². The van der Waals surface area contributed by atoms with E-state index in [-0.39, 0.29) is 11.7 Å². The Hall–Kier alpha value is -1.03. The first-order valence-electron chi connectivity index (χ1n) is 5.45. The van der Waals surface area contributed by atoms with Gasteiger partial charge in [0, 0.05) is 17.4 Å². The second-order valence-electron chi connectivity index (χ2n) is 4.40. The molecular weight excluding hydrogens is 270 g/mol. The number of anilines is 1. The molecule has 0 aromatic heterocycles. The van der Waals surface area contributed by atoms with Crippen LogP contribution in [-0.4, -0.2) is 18.2 Å². The molecule has 2 fully saturated rings. The highest BCUT2D eigenvalue weighted by atomic mass is 79.9. The average molecular weight is 282 g/mol. The van der Waals surface area contributed by atoms with Gasteiger partial charge in [-0.25, -0.2) is 4.79 Å². The van der Waals surface area contributed by atoms with Crippen molar-refractivity contribution < 1.29 is 9.53 Å². The van der Waals surface area contributed by atoms with Crippen LogP contribution in [0.1, 0.15) is 19.3 Å².